The second-order valence-electron chi connectivity index (χ2n) is 8.61. The van der Waals surface area contributed by atoms with E-state index in [2.05, 4.69) is 22.2 Å². The average Bonchev–Trinajstić information content (AvgIpc) is 3.04. The van der Waals surface area contributed by atoms with Crippen molar-refractivity contribution in [1.82, 2.24) is 19.9 Å². The van der Waals surface area contributed by atoms with Crippen LogP contribution in [-0.4, -0.2) is 26.5 Å². The highest BCUT2D eigenvalue weighted by Crippen LogP contribution is 2.62. The fraction of sp³-hybridized carbons (Fsp3) is 0.435. The smallest absolute Gasteiger partial charge is 0.253 e. The Balaban J connectivity index is 1.26. The maximum absolute atomic E-state index is 13.7. The van der Waals surface area contributed by atoms with E-state index in [1.54, 1.807) is 18.6 Å². The third-order valence-corrected chi connectivity index (χ3v) is 6.89. The molecular weight excluding hydrogens is 386 g/mol. The number of hydrogen-bond acceptors (Lipinski definition) is 3. The molecule has 0 spiro atoms. The maximum Gasteiger partial charge on any atom is 0.253 e. The number of rotatable bonds is 5. The highest BCUT2D eigenvalue weighted by molar-refractivity contribution is 5.94. The summed E-state index contributed by atoms with van der Waals surface area (Å²) in [7, 11) is 0. The molecule has 3 aromatic rings. The Morgan fingerprint density at radius 1 is 1.20 bits per heavy atom. The Hall–Kier alpha value is -2.83. The second kappa shape index (κ2) is 7.15. The molecule has 0 bridgehead atoms. The largest absolute Gasteiger partial charge is 0.349 e. The molecule has 0 saturated heterocycles. The van der Waals surface area contributed by atoms with Gasteiger partial charge in [0.05, 0.1) is 22.9 Å². The number of benzene rings is 1. The molecule has 2 saturated carbocycles. The van der Waals surface area contributed by atoms with E-state index in [-0.39, 0.29) is 18.0 Å². The maximum atomic E-state index is 13.7. The quantitative estimate of drug-likeness (QED) is 0.677. The van der Waals surface area contributed by atoms with Crippen LogP contribution in [0.2, 0.25) is 0 Å². The Bertz CT molecular complexity index is 1100. The number of amides is 1. The average molecular weight is 410 g/mol. The molecule has 2 heterocycles. The van der Waals surface area contributed by atoms with Crippen LogP contribution in [0.3, 0.4) is 0 Å². The summed E-state index contributed by atoms with van der Waals surface area (Å²) in [6.45, 7) is 4.00. The molecule has 5 rings (SSSR count). The van der Waals surface area contributed by atoms with E-state index in [9.17, 15) is 13.6 Å². The number of carbonyl (C=O) groups excluding carboxylic acids is 1. The fourth-order valence-corrected chi connectivity index (χ4v) is 5.32. The normalized spacial score (nSPS) is 25.9. The molecule has 0 aliphatic heterocycles. The van der Waals surface area contributed by atoms with Gasteiger partial charge in [-0.1, -0.05) is 6.92 Å². The van der Waals surface area contributed by atoms with Crippen LogP contribution in [0.1, 0.15) is 48.3 Å². The summed E-state index contributed by atoms with van der Waals surface area (Å²) in [5.41, 5.74) is 2.60. The Morgan fingerprint density at radius 2 is 1.93 bits per heavy atom. The first-order chi connectivity index (χ1) is 14.5. The third kappa shape index (κ3) is 3.16. The number of aromatic nitrogens is 3. The van der Waals surface area contributed by atoms with Crippen molar-refractivity contribution in [1.29, 1.82) is 0 Å². The van der Waals surface area contributed by atoms with Crippen LogP contribution in [0.5, 0.6) is 0 Å². The van der Waals surface area contributed by atoms with E-state index in [1.165, 1.54) is 6.07 Å². The minimum absolute atomic E-state index is 0.0750. The van der Waals surface area contributed by atoms with Gasteiger partial charge in [0, 0.05) is 36.1 Å². The molecular formula is C23H24F2N4O. The number of fused-ring (bicyclic) bond motifs is 2. The Kier molecular flexibility index (Phi) is 4.56. The van der Waals surface area contributed by atoms with Crippen LogP contribution in [0, 0.1) is 36.3 Å². The molecule has 5 nitrogen and oxygen atoms in total. The lowest BCUT2D eigenvalue weighted by atomic mass is 9.99. The van der Waals surface area contributed by atoms with Crippen molar-refractivity contribution < 1.29 is 13.6 Å². The Morgan fingerprint density at radius 3 is 2.60 bits per heavy atom. The first kappa shape index (κ1) is 19.2. The SMILES string of the molecule is CC[C@@H](NC(=O)c1ccc(C)nc1)C1[C@H]2CC(n3cnc4cc(F)c(F)cc43)C[C@@H]12. The van der Waals surface area contributed by atoms with Gasteiger partial charge < -0.3 is 9.88 Å². The van der Waals surface area contributed by atoms with Crippen molar-refractivity contribution in [3.63, 3.8) is 0 Å². The van der Waals surface area contributed by atoms with Gasteiger partial charge in [-0.05, 0) is 56.1 Å². The number of hydrogen-bond donors (Lipinski definition) is 1. The number of aryl methyl sites for hydroxylation is 1. The summed E-state index contributed by atoms with van der Waals surface area (Å²) in [5, 5.41) is 3.20. The third-order valence-electron chi connectivity index (χ3n) is 6.89. The van der Waals surface area contributed by atoms with E-state index < -0.39 is 11.6 Å². The fourth-order valence-electron chi connectivity index (χ4n) is 5.32. The zero-order chi connectivity index (χ0) is 21.0. The summed E-state index contributed by atoms with van der Waals surface area (Å²) in [4.78, 5) is 21.1. The van der Waals surface area contributed by atoms with Gasteiger partial charge in [-0.15, -0.1) is 0 Å². The summed E-state index contributed by atoms with van der Waals surface area (Å²) in [6.07, 6.45) is 6.13. The highest BCUT2D eigenvalue weighted by Gasteiger charge is 2.59. The molecule has 7 heteroatoms. The number of pyridine rings is 1. The van der Waals surface area contributed by atoms with Crippen molar-refractivity contribution in [3.05, 3.63) is 59.7 Å². The number of halogens is 2. The topological polar surface area (TPSA) is 59.8 Å². The minimum Gasteiger partial charge on any atom is -0.349 e. The first-order valence-electron chi connectivity index (χ1n) is 10.5. The predicted molar refractivity (Wildman–Crippen MR) is 109 cm³/mol. The van der Waals surface area contributed by atoms with Gasteiger partial charge in [-0.3, -0.25) is 9.78 Å². The monoisotopic (exact) mass is 410 g/mol. The van der Waals surface area contributed by atoms with Crippen molar-refractivity contribution in [3.8, 4) is 0 Å². The molecule has 2 unspecified atom stereocenters. The van der Waals surface area contributed by atoms with Gasteiger partial charge in [0.25, 0.3) is 5.91 Å². The van der Waals surface area contributed by atoms with Gasteiger partial charge in [0.1, 0.15) is 0 Å². The zero-order valence-corrected chi connectivity index (χ0v) is 17.0. The van der Waals surface area contributed by atoms with E-state index >= 15 is 0 Å². The molecule has 2 aliphatic rings. The van der Waals surface area contributed by atoms with Gasteiger partial charge >= 0.3 is 0 Å². The van der Waals surface area contributed by atoms with Crippen molar-refractivity contribution >= 4 is 16.9 Å². The predicted octanol–water partition coefficient (Wildman–Crippen LogP) is 4.42. The van der Waals surface area contributed by atoms with E-state index in [1.807, 2.05) is 17.6 Å². The number of imidazole rings is 1. The van der Waals surface area contributed by atoms with E-state index in [0.717, 1.165) is 31.0 Å². The molecule has 2 aromatic heterocycles. The van der Waals surface area contributed by atoms with E-state index in [0.29, 0.717) is 34.4 Å². The summed E-state index contributed by atoms with van der Waals surface area (Å²) in [6, 6.07) is 6.42. The van der Waals surface area contributed by atoms with Gasteiger partial charge in [-0.2, -0.15) is 0 Å². The van der Waals surface area contributed by atoms with Crippen LogP contribution in [0.15, 0.2) is 36.8 Å². The molecule has 2 fully saturated rings. The summed E-state index contributed by atoms with van der Waals surface area (Å²) >= 11 is 0. The van der Waals surface area contributed by atoms with E-state index in [4.69, 9.17) is 0 Å². The van der Waals surface area contributed by atoms with Gasteiger partial charge in [0.2, 0.25) is 0 Å². The van der Waals surface area contributed by atoms with Crippen molar-refractivity contribution in [2.24, 2.45) is 17.8 Å². The minimum atomic E-state index is -0.868. The molecule has 156 valence electrons. The van der Waals surface area contributed by atoms with Crippen LogP contribution in [0.25, 0.3) is 11.0 Å². The first-order valence-corrected chi connectivity index (χ1v) is 10.5. The lowest BCUT2D eigenvalue weighted by Crippen LogP contribution is -2.37. The second-order valence-corrected chi connectivity index (χ2v) is 8.61. The van der Waals surface area contributed by atoms with Crippen molar-refractivity contribution in [2.75, 3.05) is 0 Å². The number of nitrogens with one attached hydrogen (secondary N) is 1. The molecule has 1 aromatic carbocycles. The molecule has 2 aliphatic carbocycles. The molecule has 5 atom stereocenters. The van der Waals surface area contributed by atoms with Crippen LogP contribution in [-0.2, 0) is 0 Å². The zero-order valence-electron chi connectivity index (χ0n) is 17.0. The highest BCUT2D eigenvalue weighted by atomic mass is 19.2. The van der Waals surface area contributed by atoms with Crippen LogP contribution < -0.4 is 5.32 Å². The number of carbonyl (C=O) groups is 1. The molecule has 1 N–H and O–H groups in total. The number of nitrogens with zero attached hydrogens (tertiary/aromatic N) is 3. The Labute approximate surface area is 173 Å². The lowest BCUT2D eigenvalue weighted by molar-refractivity contribution is 0.0926. The van der Waals surface area contributed by atoms with Crippen LogP contribution in [0.4, 0.5) is 8.78 Å². The standard InChI is InChI=1S/C23H24F2N4O/c1-3-19(28-23(30)13-5-4-12(2)26-10-13)22-15-6-14(7-16(15)22)29-11-27-20-8-17(24)18(25)9-21(20)29/h4-5,8-11,14-16,19,22H,3,6-7H2,1-2H3,(H,28,30)/t14?,15-,16+,19-,22?/m1/s1. The van der Waals surface area contributed by atoms with Gasteiger partial charge in [-0.25, -0.2) is 13.8 Å². The molecule has 30 heavy (non-hydrogen) atoms. The van der Waals surface area contributed by atoms with Crippen LogP contribution >= 0.6 is 0 Å². The summed E-state index contributed by atoms with van der Waals surface area (Å²) < 4.78 is 29.2. The van der Waals surface area contributed by atoms with Crippen molar-refractivity contribution in [2.45, 2.75) is 45.2 Å². The molecule has 0 radical (unpaired) electrons. The van der Waals surface area contributed by atoms with Gasteiger partial charge in [0.15, 0.2) is 11.6 Å². The lowest BCUT2D eigenvalue weighted by Gasteiger charge is -2.22. The molecule has 1 amide bonds. The summed E-state index contributed by atoms with van der Waals surface area (Å²) in [5.74, 6) is -0.234.